The molecule has 30 heavy (non-hydrogen) atoms. The van der Waals surface area contributed by atoms with Crippen LogP contribution in [0, 0.1) is 11.6 Å². The Morgan fingerprint density at radius 1 is 1.17 bits per heavy atom. The van der Waals surface area contributed by atoms with Crippen molar-refractivity contribution >= 4 is 10.0 Å². The van der Waals surface area contributed by atoms with Crippen LogP contribution in [0.3, 0.4) is 0 Å². The molecule has 2 aromatic rings. The number of ether oxygens (including phenoxy) is 2. The maximum Gasteiger partial charge on any atom is 0.240 e. The fraction of sp³-hybridized carbons (Fsp3) is 0.429. The molecule has 0 unspecified atom stereocenters. The van der Waals surface area contributed by atoms with Gasteiger partial charge in [0.15, 0.2) is 0 Å². The van der Waals surface area contributed by atoms with E-state index in [2.05, 4.69) is 9.62 Å². The van der Waals surface area contributed by atoms with Gasteiger partial charge >= 0.3 is 0 Å². The van der Waals surface area contributed by atoms with E-state index in [1.54, 1.807) is 12.1 Å². The Balaban J connectivity index is 1.28. The zero-order valence-electron chi connectivity index (χ0n) is 16.6. The molecule has 2 aliphatic heterocycles. The van der Waals surface area contributed by atoms with Crippen LogP contribution in [0.4, 0.5) is 8.78 Å². The molecular weight excluding hydrogens is 414 g/mol. The third-order valence-corrected chi connectivity index (χ3v) is 7.16. The summed E-state index contributed by atoms with van der Waals surface area (Å²) in [6, 6.07) is 9.80. The first-order valence-corrected chi connectivity index (χ1v) is 11.3. The monoisotopic (exact) mass is 438 g/mol. The van der Waals surface area contributed by atoms with Crippen LogP contribution in [-0.2, 0) is 21.3 Å². The zero-order chi connectivity index (χ0) is 21.3. The summed E-state index contributed by atoms with van der Waals surface area (Å²) in [5, 5.41) is 0. The molecule has 0 aromatic heterocycles. The van der Waals surface area contributed by atoms with Gasteiger partial charge in [-0.3, -0.25) is 4.90 Å². The van der Waals surface area contributed by atoms with E-state index in [-0.39, 0.29) is 29.7 Å². The van der Waals surface area contributed by atoms with Crippen LogP contribution in [0.1, 0.15) is 18.4 Å². The van der Waals surface area contributed by atoms with Gasteiger partial charge in [-0.15, -0.1) is 0 Å². The van der Waals surface area contributed by atoms with Crippen LogP contribution in [0.2, 0.25) is 0 Å². The average molecular weight is 438 g/mol. The van der Waals surface area contributed by atoms with E-state index in [1.165, 1.54) is 25.3 Å². The minimum Gasteiger partial charge on any atom is -0.497 e. The summed E-state index contributed by atoms with van der Waals surface area (Å²) in [5.41, 5.74) is 0.336. The lowest BCUT2D eigenvalue weighted by Crippen LogP contribution is -2.64. The van der Waals surface area contributed by atoms with E-state index in [0.717, 1.165) is 18.6 Å². The van der Waals surface area contributed by atoms with E-state index >= 15 is 0 Å². The van der Waals surface area contributed by atoms with Gasteiger partial charge in [0.1, 0.15) is 17.4 Å². The molecule has 2 heterocycles. The zero-order valence-corrected chi connectivity index (χ0v) is 17.4. The molecule has 1 N–H and O–H groups in total. The second-order valence-electron chi connectivity index (χ2n) is 7.63. The van der Waals surface area contributed by atoms with Crippen molar-refractivity contribution in [2.75, 3.05) is 20.2 Å². The Hall–Kier alpha value is -2.07. The van der Waals surface area contributed by atoms with Gasteiger partial charge in [0.25, 0.3) is 0 Å². The van der Waals surface area contributed by atoms with Gasteiger partial charge in [0.2, 0.25) is 10.0 Å². The van der Waals surface area contributed by atoms with Crippen LogP contribution < -0.4 is 9.46 Å². The molecule has 2 fully saturated rings. The van der Waals surface area contributed by atoms with Crippen molar-refractivity contribution in [3.63, 3.8) is 0 Å². The lowest BCUT2D eigenvalue weighted by molar-refractivity contribution is -0.168. The molecular formula is C21H24F2N2O4S. The molecule has 0 aliphatic carbocycles. The maximum atomic E-state index is 13.9. The first-order valence-electron chi connectivity index (χ1n) is 9.83. The fourth-order valence-electron chi connectivity index (χ4n) is 4.02. The molecule has 2 saturated heterocycles. The quantitative estimate of drug-likeness (QED) is 0.720. The highest BCUT2D eigenvalue weighted by atomic mass is 32.2. The lowest BCUT2D eigenvalue weighted by Gasteiger charge is -2.52. The van der Waals surface area contributed by atoms with Gasteiger partial charge in [-0.25, -0.2) is 21.9 Å². The molecule has 0 bridgehead atoms. The molecule has 2 aliphatic rings. The normalized spacial score (nSPS) is 24.2. The molecule has 162 valence electrons. The summed E-state index contributed by atoms with van der Waals surface area (Å²) in [6.45, 7) is 1.14. The minimum atomic E-state index is -3.63. The summed E-state index contributed by atoms with van der Waals surface area (Å²) in [6.07, 6.45) is 1.27. The molecule has 9 heteroatoms. The first kappa shape index (κ1) is 21.2. The number of hydrogen-bond acceptors (Lipinski definition) is 5. The Kier molecular flexibility index (Phi) is 6.06. The molecule has 3 atom stereocenters. The molecule has 0 radical (unpaired) electrons. The molecule has 2 aromatic carbocycles. The number of fused-ring (bicyclic) bond motifs is 1. The standard InChI is InChI=1S/C21H24F2N2O4S/c1-28-16-3-6-18(7-4-16)30(26,27)24-11-17-5-9-20-21(29-17)13-25(20)12-14-10-15(22)2-8-19(14)23/h2-4,6-8,10,17,20-21,24H,5,9,11-13H2,1H3/t17-,20+,21+/m0/s1. The van der Waals surface area contributed by atoms with E-state index in [9.17, 15) is 17.2 Å². The van der Waals surface area contributed by atoms with Crippen LogP contribution in [0.25, 0.3) is 0 Å². The largest absolute Gasteiger partial charge is 0.497 e. The maximum absolute atomic E-state index is 13.9. The van der Waals surface area contributed by atoms with Crippen LogP contribution in [-0.4, -0.2) is 51.8 Å². The second-order valence-corrected chi connectivity index (χ2v) is 9.40. The smallest absolute Gasteiger partial charge is 0.240 e. The number of methoxy groups -OCH3 is 1. The fourth-order valence-corrected chi connectivity index (χ4v) is 5.08. The van der Waals surface area contributed by atoms with E-state index < -0.39 is 21.7 Å². The van der Waals surface area contributed by atoms with Gasteiger partial charge in [-0.1, -0.05) is 0 Å². The van der Waals surface area contributed by atoms with Crippen molar-refractivity contribution in [3.05, 3.63) is 59.7 Å². The van der Waals surface area contributed by atoms with Crippen LogP contribution >= 0.6 is 0 Å². The molecule has 0 spiro atoms. The number of sulfonamides is 1. The van der Waals surface area contributed by atoms with Crippen molar-refractivity contribution in [2.45, 2.75) is 42.5 Å². The Morgan fingerprint density at radius 2 is 1.93 bits per heavy atom. The predicted molar refractivity (Wildman–Crippen MR) is 107 cm³/mol. The number of likely N-dealkylation sites (tertiary alicyclic amines) is 1. The van der Waals surface area contributed by atoms with Crippen molar-refractivity contribution in [2.24, 2.45) is 0 Å². The average Bonchev–Trinajstić information content (AvgIpc) is 2.73. The molecule has 4 rings (SSSR count). The van der Waals surface area contributed by atoms with E-state index in [1.807, 2.05) is 0 Å². The topological polar surface area (TPSA) is 67.9 Å². The number of nitrogens with zero attached hydrogens (tertiary/aromatic N) is 1. The summed E-state index contributed by atoms with van der Waals surface area (Å²) in [4.78, 5) is 2.24. The Labute approximate surface area is 174 Å². The molecule has 0 amide bonds. The lowest BCUT2D eigenvalue weighted by atomic mass is 9.89. The van der Waals surface area contributed by atoms with Crippen molar-refractivity contribution in [3.8, 4) is 5.75 Å². The highest BCUT2D eigenvalue weighted by Gasteiger charge is 2.44. The van der Waals surface area contributed by atoms with Gasteiger partial charge in [0.05, 0.1) is 24.2 Å². The second kappa shape index (κ2) is 8.58. The number of benzene rings is 2. The Bertz CT molecular complexity index is 1000. The van der Waals surface area contributed by atoms with E-state index in [4.69, 9.17) is 9.47 Å². The first-order chi connectivity index (χ1) is 14.4. The number of halogens is 2. The third-order valence-electron chi connectivity index (χ3n) is 5.72. The molecule has 0 saturated carbocycles. The Morgan fingerprint density at radius 3 is 2.63 bits per heavy atom. The minimum absolute atomic E-state index is 0.0224. The predicted octanol–water partition coefficient (Wildman–Crippen LogP) is 2.68. The van der Waals surface area contributed by atoms with Crippen molar-refractivity contribution in [1.82, 2.24) is 9.62 Å². The number of rotatable bonds is 7. The highest BCUT2D eigenvalue weighted by molar-refractivity contribution is 7.89. The van der Waals surface area contributed by atoms with Gasteiger partial charge in [0, 0.05) is 31.2 Å². The van der Waals surface area contributed by atoms with Gasteiger partial charge in [-0.05, 0) is 55.3 Å². The summed E-state index contributed by atoms with van der Waals surface area (Å²) < 4.78 is 65.9. The third kappa shape index (κ3) is 4.49. The number of hydrogen-bond donors (Lipinski definition) is 1. The summed E-state index contributed by atoms with van der Waals surface area (Å²) >= 11 is 0. The van der Waals surface area contributed by atoms with Crippen LogP contribution in [0.15, 0.2) is 47.4 Å². The SMILES string of the molecule is COc1ccc(S(=O)(=O)NC[C@@H]2CC[C@@H]3[C@@H](CN3Cc3cc(F)ccc3F)O2)cc1. The van der Waals surface area contributed by atoms with Crippen LogP contribution in [0.5, 0.6) is 5.75 Å². The van der Waals surface area contributed by atoms with Crippen molar-refractivity contribution in [1.29, 1.82) is 0 Å². The number of nitrogens with one attached hydrogen (secondary N) is 1. The van der Waals surface area contributed by atoms with Crippen molar-refractivity contribution < 1.29 is 26.7 Å². The van der Waals surface area contributed by atoms with E-state index in [0.29, 0.717) is 30.8 Å². The summed E-state index contributed by atoms with van der Waals surface area (Å²) in [7, 11) is -2.11. The van der Waals surface area contributed by atoms with Gasteiger partial charge < -0.3 is 9.47 Å². The summed E-state index contributed by atoms with van der Waals surface area (Å²) in [5.74, 6) is -0.279. The van der Waals surface area contributed by atoms with Gasteiger partial charge in [-0.2, -0.15) is 0 Å². The molecule has 6 nitrogen and oxygen atoms in total. The highest BCUT2D eigenvalue weighted by Crippen LogP contribution is 2.33.